The van der Waals surface area contributed by atoms with E-state index in [2.05, 4.69) is 38.7 Å². The third-order valence-corrected chi connectivity index (χ3v) is 7.15. The molecule has 6 heteroatoms. The second-order valence-electron chi connectivity index (χ2n) is 9.07. The number of likely N-dealkylation sites (tertiary alicyclic amines) is 3. The van der Waals surface area contributed by atoms with Gasteiger partial charge in [0.2, 0.25) is 0 Å². The molecule has 0 aromatic carbocycles. The van der Waals surface area contributed by atoms with Crippen LogP contribution >= 0.6 is 0 Å². The summed E-state index contributed by atoms with van der Waals surface area (Å²) in [6.07, 6.45) is 11.4. The Morgan fingerprint density at radius 2 is 1.47 bits per heavy atom. The first-order chi connectivity index (χ1) is 14.8. The summed E-state index contributed by atoms with van der Waals surface area (Å²) in [4.78, 5) is 9.86. The van der Waals surface area contributed by atoms with Crippen LogP contribution in [0.2, 0.25) is 0 Å². The molecule has 3 saturated heterocycles. The molecule has 0 aromatic rings. The van der Waals surface area contributed by atoms with Gasteiger partial charge in [-0.3, -0.25) is 0 Å². The molecule has 3 aliphatic rings. The molecule has 0 atom stereocenters. The molecule has 0 radical (unpaired) electrons. The van der Waals surface area contributed by atoms with Gasteiger partial charge in [0.25, 0.3) is 0 Å². The molecule has 0 spiro atoms. The van der Waals surface area contributed by atoms with E-state index in [0.29, 0.717) is 6.04 Å². The lowest BCUT2D eigenvalue weighted by atomic mass is 9.99. The molecule has 0 aromatic heterocycles. The van der Waals surface area contributed by atoms with Gasteiger partial charge in [0.1, 0.15) is 18.0 Å². The maximum Gasteiger partial charge on any atom is 0.169 e. The maximum atomic E-state index is 9.66. The number of allylic oxidation sites excluding steroid dienone is 1. The summed E-state index contributed by atoms with van der Waals surface area (Å²) in [6.45, 7) is 11.9. The predicted octanol–water partition coefficient (Wildman–Crippen LogP) is 3.39. The van der Waals surface area contributed by atoms with Gasteiger partial charge in [-0.05, 0) is 84.6 Å². The van der Waals surface area contributed by atoms with Crippen molar-refractivity contribution in [2.24, 2.45) is 0 Å². The van der Waals surface area contributed by atoms with Gasteiger partial charge in [-0.1, -0.05) is 12.8 Å². The molecule has 0 unspecified atom stereocenters. The van der Waals surface area contributed by atoms with Crippen LogP contribution in [0.15, 0.2) is 11.4 Å². The zero-order valence-electron chi connectivity index (χ0n) is 19.0. The first-order valence-electron chi connectivity index (χ1n) is 12.3. The van der Waals surface area contributed by atoms with E-state index >= 15 is 0 Å². The highest BCUT2D eigenvalue weighted by Crippen LogP contribution is 2.26. The second-order valence-corrected chi connectivity index (χ2v) is 9.07. The van der Waals surface area contributed by atoms with Gasteiger partial charge < -0.3 is 19.6 Å². The Kier molecular flexibility index (Phi) is 9.30. The Bertz CT molecular complexity index is 602. The minimum absolute atomic E-state index is 0.284. The monoisotopic (exact) mass is 412 g/mol. The smallest absolute Gasteiger partial charge is 0.169 e. The number of piperidine rings is 3. The van der Waals surface area contributed by atoms with Crippen LogP contribution in [-0.2, 0) is 0 Å². The van der Waals surface area contributed by atoms with Gasteiger partial charge in [-0.15, -0.1) is 0 Å². The van der Waals surface area contributed by atoms with Crippen molar-refractivity contribution in [2.45, 2.75) is 70.8 Å². The van der Waals surface area contributed by atoms with E-state index in [4.69, 9.17) is 0 Å². The molecule has 166 valence electrons. The summed E-state index contributed by atoms with van der Waals surface area (Å²) in [7, 11) is 0. The molecule has 0 aliphatic carbocycles. The van der Waals surface area contributed by atoms with Gasteiger partial charge in [0.05, 0.1) is 0 Å². The molecule has 0 amide bonds. The topological polar surface area (TPSA) is 60.5 Å². The van der Waals surface area contributed by atoms with Crippen molar-refractivity contribution < 1.29 is 0 Å². The van der Waals surface area contributed by atoms with E-state index in [0.717, 1.165) is 57.8 Å². The SMILES string of the molecule is CCN(CCCN1CCCCC1)C(=C(C#N)C#N)N1CCC(N2CCCCC2)CC1. The summed E-state index contributed by atoms with van der Waals surface area (Å²) in [5, 5.41) is 19.3. The maximum absolute atomic E-state index is 9.66. The number of hydrogen-bond donors (Lipinski definition) is 0. The van der Waals surface area contributed by atoms with Crippen LogP contribution in [0.25, 0.3) is 0 Å². The molecule has 0 saturated carbocycles. The Morgan fingerprint density at radius 3 is 2.03 bits per heavy atom. The van der Waals surface area contributed by atoms with Crippen LogP contribution in [0.1, 0.15) is 64.7 Å². The van der Waals surface area contributed by atoms with Crippen molar-refractivity contribution in [1.29, 1.82) is 10.5 Å². The van der Waals surface area contributed by atoms with Crippen molar-refractivity contribution in [3.05, 3.63) is 11.4 Å². The molecule has 30 heavy (non-hydrogen) atoms. The van der Waals surface area contributed by atoms with Crippen molar-refractivity contribution in [3.63, 3.8) is 0 Å². The van der Waals surface area contributed by atoms with E-state index in [9.17, 15) is 10.5 Å². The van der Waals surface area contributed by atoms with E-state index in [1.54, 1.807) is 0 Å². The first-order valence-corrected chi connectivity index (χ1v) is 12.3. The number of hydrogen-bond acceptors (Lipinski definition) is 6. The van der Waals surface area contributed by atoms with Crippen molar-refractivity contribution in [1.82, 2.24) is 19.6 Å². The van der Waals surface area contributed by atoms with Gasteiger partial charge in [-0.2, -0.15) is 10.5 Å². The predicted molar refractivity (Wildman–Crippen MR) is 120 cm³/mol. The fourth-order valence-electron chi connectivity index (χ4n) is 5.45. The molecule has 6 nitrogen and oxygen atoms in total. The molecular weight excluding hydrogens is 372 g/mol. The fraction of sp³-hybridized carbons (Fsp3) is 0.833. The molecule has 3 fully saturated rings. The van der Waals surface area contributed by atoms with Crippen LogP contribution in [0.3, 0.4) is 0 Å². The van der Waals surface area contributed by atoms with Crippen molar-refractivity contribution in [3.8, 4) is 12.1 Å². The zero-order chi connectivity index (χ0) is 21.2. The molecule has 3 heterocycles. The molecule has 3 aliphatic heterocycles. The van der Waals surface area contributed by atoms with E-state index in [-0.39, 0.29) is 5.57 Å². The summed E-state index contributed by atoms with van der Waals surface area (Å²) in [5.74, 6) is 0.887. The quantitative estimate of drug-likeness (QED) is 0.570. The van der Waals surface area contributed by atoms with E-state index in [1.807, 2.05) is 0 Å². The molecular formula is C24H40N6. The Labute approximate surface area is 183 Å². The third kappa shape index (κ3) is 6.13. The lowest BCUT2D eigenvalue weighted by molar-refractivity contribution is 0.0888. The average molecular weight is 413 g/mol. The van der Waals surface area contributed by atoms with E-state index < -0.39 is 0 Å². The number of nitrogens with zero attached hydrogens (tertiary/aromatic N) is 6. The van der Waals surface area contributed by atoms with Gasteiger partial charge >= 0.3 is 0 Å². The molecule has 3 rings (SSSR count). The van der Waals surface area contributed by atoms with Crippen LogP contribution in [0.5, 0.6) is 0 Å². The largest absolute Gasteiger partial charge is 0.357 e. The van der Waals surface area contributed by atoms with Crippen LogP contribution in [0.4, 0.5) is 0 Å². The van der Waals surface area contributed by atoms with Crippen LogP contribution in [-0.4, -0.2) is 84.5 Å². The highest BCUT2D eigenvalue weighted by Gasteiger charge is 2.29. The lowest BCUT2D eigenvalue weighted by Crippen LogP contribution is -2.48. The van der Waals surface area contributed by atoms with Crippen molar-refractivity contribution in [2.75, 3.05) is 58.9 Å². The standard InChI is InChI=1S/C24H40N6/c1-2-28(17-9-14-27-12-5-3-6-13-27)24(22(20-25)21-26)30-18-10-23(11-19-30)29-15-7-4-8-16-29/h23H,2-19H2,1H3. The second kappa shape index (κ2) is 12.2. The van der Waals surface area contributed by atoms with Crippen LogP contribution < -0.4 is 0 Å². The molecule has 0 N–H and O–H groups in total. The Balaban J connectivity index is 1.60. The number of rotatable bonds is 8. The number of nitriles is 2. The first kappa shape index (κ1) is 22.9. The highest BCUT2D eigenvalue weighted by atomic mass is 15.3. The highest BCUT2D eigenvalue weighted by molar-refractivity contribution is 5.39. The minimum Gasteiger partial charge on any atom is -0.357 e. The van der Waals surface area contributed by atoms with Crippen molar-refractivity contribution >= 4 is 0 Å². The summed E-state index contributed by atoms with van der Waals surface area (Å²) in [5.41, 5.74) is 0.284. The third-order valence-electron chi connectivity index (χ3n) is 7.15. The van der Waals surface area contributed by atoms with Crippen LogP contribution in [0, 0.1) is 22.7 Å². The summed E-state index contributed by atoms with van der Waals surface area (Å²) < 4.78 is 0. The van der Waals surface area contributed by atoms with Gasteiger partial charge in [0, 0.05) is 32.2 Å². The summed E-state index contributed by atoms with van der Waals surface area (Å²) >= 11 is 0. The average Bonchev–Trinajstić information content (AvgIpc) is 2.82. The van der Waals surface area contributed by atoms with E-state index in [1.165, 1.54) is 64.7 Å². The molecule has 0 bridgehead atoms. The lowest BCUT2D eigenvalue weighted by Gasteiger charge is -2.43. The minimum atomic E-state index is 0.284. The normalized spacial score (nSPS) is 21.6. The summed E-state index contributed by atoms with van der Waals surface area (Å²) in [6, 6.07) is 5.06. The van der Waals surface area contributed by atoms with Gasteiger partial charge in [-0.25, -0.2) is 0 Å². The Morgan fingerprint density at radius 1 is 0.867 bits per heavy atom. The fourth-order valence-corrected chi connectivity index (χ4v) is 5.45. The Hall–Kier alpha value is -1.76. The zero-order valence-corrected chi connectivity index (χ0v) is 19.0. The van der Waals surface area contributed by atoms with Gasteiger partial charge in [0.15, 0.2) is 5.57 Å².